The van der Waals surface area contributed by atoms with Crippen molar-refractivity contribution in [2.75, 3.05) is 0 Å². The zero-order chi connectivity index (χ0) is 0. The van der Waals surface area contributed by atoms with Crippen LogP contribution in [0.5, 0.6) is 0 Å². The van der Waals surface area contributed by atoms with Gasteiger partial charge in [0.25, 0.3) is 0 Å². The van der Waals surface area contributed by atoms with Gasteiger partial charge in [-0.15, -0.1) is 0 Å². The van der Waals surface area contributed by atoms with E-state index in [0.29, 0.717) is 0 Å². The van der Waals surface area contributed by atoms with Gasteiger partial charge in [0.1, 0.15) is 0 Å². The second kappa shape index (κ2) is 18.2. The van der Waals surface area contributed by atoms with Gasteiger partial charge in [0.05, 0.1) is 0 Å². The largest absolute Gasteiger partial charge is 0.153 e. The molecule has 1 radical (unpaired) electrons. The van der Waals surface area contributed by atoms with E-state index in [1.807, 2.05) is 0 Å². The minimum absolute atomic E-state index is 0. The normalized spacial score (nSPS) is 0. The fourth-order valence-electron chi connectivity index (χ4n) is 0. The molecule has 0 saturated heterocycles. The Bertz CT molecular complexity index is 8.00. The Kier molecular flexibility index (Phi) is 148. The Morgan fingerprint density at radius 1 is 1.00 bits per heavy atom. The molecule has 4 heavy (non-hydrogen) atoms. The van der Waals surface area contributed by atoms with Gasteiger partial charge >= 0.3 is 0 Å². The van der Waals surface area contributed by atoms with Crippen molar-refractivity contribution in [3.63, 3.8) is 0 Å². The van der Waals surface area contributed by atoms with Crippen molar-refractivity contribution in [2.45, 2.75) is 0 Å². The molecule has 0 amide bonds. The van der Waals surface area contributed by atoms with Crippen LogP contribution in [0.2, 0.25) is 0 Å². The van der Waals surface area contributed by atoms with Crippen molar-refractivity contribution in [1.82, 2.24) is 0 Å². The van der Waals surface area contributed by atoms with Crippen molar-refractivity contribution in [1.29, 1.82) is 0 Å². The fourth-order valence-corrected chi connectivity index (χ4v) is 0. The van der Waals surface area contributed by atoms with Crippen LogP contribution in [0.3, 0.4) is 0 Å². The molecule has 0 aliphatic rings. The molecule has 0 spiro atoms. The first-order valence-corrected chi connectivity index (χ1v) is 0. The molecule has 0 bridgehead atoms. The minimum atomic E-state index is 0. The van der Waals surface area contributed by atoms with E-state index in [9.17, 15) is 0 Å². The molecule has 0 heterocycles. The van der Waals surface area contributed by atoms with E-state index >= 15 is 0 Å². The Morgan fingerprint density at radius 3 is 1.00 bits per heavy atom. The molecule has 0 aromatic rings. The molecule has 0 aliphatic heterocycles. The van der Waals surface area contributed by atoms with E-state index in [4.69, 9.17) is 0 Å². The fraction of sp³-hybridized carbons (Fsp3) is 0. The summed E-state index contributed by atoms with van der Waals surface area (Å²) in [5, 5.41) is 0. The molecule has 4 heteroatoms. The van der Waals surface area contributed by atoms with E-state index in [1.54, 1.807) is 0 Å². The maximum Gasteiger partial charge on any atom is 0 e. The van der Waals surface area contributed by atoms with Gasteiger partial charge in [-0.3, -0.25) is 0 Å². The molecule has 0 aromatic carbocycles. The van der Waals surface area contributed by atoms with Gasteiger partial charge in [0.15, 0.2) is 0 Å². The van der Waals surface area contributed by atoms with Crippen LogP contribution in [0.1, 0.15) is 0 Å². The summed E-state index contributed by atoms with van der Waals surface area (Å²) in [6.45, 7) is 0. The summed E-state index contributed by atoms with van der Waals surface area (Å²) in [7, 11) is 0. The van der Waals surface area contributed by atoms with Crippen molar-refractivity contribution in [3.8, 4) is 0 Å². The average molecular weight is 239 g/mol. The van der Waals surface area contributed by atoms with Gasteiger partial charge in [-0.2, -0.15) is 9.90 Å². The van der Waals surface area contributed by atoms with E-state index in [-0.39, 0.29) is 70.6 Å². The predicted molar refractivity (Wildman–Crippen MR) is 11.1 cm³/mol. The first kappa shape index (κ1) is 32.5. The first-order valence-electron chi connectivity index (χ1n) is 0. The van der Waals surface area contributed by atoms with Gasteiger partial charge in [0, 0.05) is 60.7 Å². The van der Waals surface area contributed by atoms with Gasteiger partial charge in [-0.1, -0.05) is 0 Å². The molecule has 0 rings (SSSR count). The molecule has 0 nitrogen and oxygen atoms in total. The van der Waals surface area contributed by atoms with Crippen LogP contribution < -0.4 is 0 Å². The monoisotopic (exact) mass is 239 g/mol. The second-order valence-electron chi connectivity index (χ2n) is 0. The predicted octanol–water partition coefficient (Wildman–Crippen LogP) is 0.0506. The second-order valence-corrected chi connectivity index (χ2v) is 0. The van der Waals surface area contributed by atoms with Gasteiger partial charge in [-0.25, -0.2) is 0 Å². The molecule has 0 aliphatic carbocycles. The molecule has 0 fully saturated rings. The number of hydrogen-bond donors (Lipinski definition) is 0. The topological polar surface area (TPSA) is 0 Å². The third kappa shape index (κ3) is 8.83. The van der Waals surface area contributed by atoms with Gasteiger partial charge in [0.2, 0.25) is 0 Å². The van der Waals surface area contributed by atoms with Gasteiger partial charge < -0.3 is 0 Å². The molecule has 0 aromatic heterocycles. The number of rotatable bonds is 0. The summed E-state index contributed by atoms with van der Waals surface area (Å²) in [5.41, 5.74) is 0. The Morgan fingerprint density at radius 2 is 1.00 bits per heavy atom. The van der Waals surface area contributed by atoms with Crippen LogP contribution in [-0.4, -0.2) is 0 Å². The summed E-state index contributed by atoms with van der Waals surface area (Å²) in [6.07, 6.45) is 0. The molecular weight excluding hydrogens is 236 g/mol. The van der Waals surface area contributed by atoms with E-state index in [2.05, 4.69) is 0 Å². The summed E-state index contributed by atoms with van der Waals surface area (Å²) < 4.78 is 0. The Balaban J connectivity index is 0. The SMILES string of the molecule is P.[Pd].[Ti].[V]. The number of hydrogen-bond acceptors (Lipinski definition) is 0. The van der Waals surface area contributed by atoms with Crippen molar-refractivity contribution in [3.05, 3.63) is 0 Å². The summed E-state index contributed by atoms with van der Waals surface area (Å²) in [6, 6.07) is 0. The van der Waals surface area contributed by atoms with Crippen molar-refractivity contribution < 1.29 is 60.7 Å². The van der Waals surface area contributed by atoms with Crippen LogP contribution in [0.15, 0.2) is 0 Å². The van der Waals surface area contributed by atoms with E-state index in [0.717, 1.165) is 0 Å². The van der Waals surface area contributed by atoms with Crippen LogP contribution in [0.4, 0.5) is 0 Å². The van der Waals surface area contributed by atoms with Crippen LogP contribution >= 0.6 is 9.90 Å². The maximum absolute atomic E-state index is 0. The quantitative estimate of drug-likeness (QED) is 0.414. The molecule has 27 valence electrons. The third-order valence-corrected chi connectivity index (χ3v) is 0. The van der Waals surface area contributed by atoms with Crippen LogP contribution in [0, 0.1) is 0 Å². The first-order chi connectivity index (χ1) is 0. The molecule has 0 N–H and O–H groups in total. The van der Waals surface area contributed by atoms with Crippen LogP contribution in [-0.2, 0) is 60.7 Å². The third-order valence-electron chi connectivity index (χ3n) is 0. The van der Waals surface area contributed by atoms with E-state index < -0.39 is 0 Å². The van der Waals surface area contributed by atoms with Crippen LogP contribution in [0.25, 0.3) is 0 Å². The standard InChI is InChI=1S/H3P.Pd.Ti.V/h1H3;;;. The minimum Gasteiger partial charge on any atom is -0.153 e. The molecule has 1 unspecified atom stereocenters. The zero-order valence-corrected chi connectivity index (χ0v) is 7.90. The summed E-state index contributed by atoms with van der Waals surface area (Å²) in [5.74, 6) is 0. The summed E-state index contributed by atoms with van der Waals surface area (Å²) >= 11 is 0. The van der Waals surface area contributed by atoms with E-state index in [1.165, 1.54) is 0 Å². The summed E-state index contributed by atoms with van der Waals surface area (Å²) in [4.78, 5) is 0. The maximum atomic E-state index is 0. The molecule has 1 atom stereocenters. The Labute approximate surface area is 69.9 Å². The zero-order valence-electron chi connectivity index (χ0n) is 1.97. The average Bonchev–Trinajstić information content (AvgIpc) is 0. The van der Waals surface area contributed by atoms with Gasteiger partial charge in [-0.05, 0) is 0 Å². The smallest absolute Gasteiger partial charge is 0 e. The molecular formula is H3PPdTiV. The van der Waals surface area contributed by atoms with Crippen molar-refractivity contribution in [2.24, 2.45) is 0 Å². The van der Waals surface area contributed by atoms with Crippen molar-refractivity contribution >= 4 is 9.90 Å². The Hall–Kier alpha value is 2.39. The molecule has 0 saturated carbocycles.